The van der Waals surface area contributed by atoms with E-state index in [1.165, 1.54) is 0 Å². The Labute approximate surface area is 96.2 Å². The molecule has 3 atom stereocenters. The van der Waals surface area contributed by atoms with Gasteiger partial charge in [-0.25, -0.2) is 0 Å². The van der Waals surface area contributed by atoms with Gasteiger partial charge in [0, 0.05) is 17.5 Å². The molecule has 0 aromatic heterocycles. The van der Waals surface area contributed by atoms with Gasteiger partial charge in [0.15, 0.2) is 0 Å². The number of hydrogen-bond donors (Lipinski definition) is 2. The monoisotopic (exact) mass is 221 g/mol. The van der Waals surface area contributed by atoms with E-state index in [4.69, 9.17) is 10.5 Å². The summed E-state index contributed by atoms with van der Waals surface area (Å²) in [6.45, 7) is 0. The molecule has 0 spiro atoms. The number of rotatable bonds is 3. The number of aliphatic hydroxyl groups excluding tert-OH is 1. The summed E-state index contributed by atoms with van der Waals surface area (Å²) in [4.78, 5) is 0. The van der Waals surface area contributed by atoms with Gasteiger partial charge < -0.3 is 15.6 Å². The number of aliphatic hydroxyl groups is 1. The van der Waals surface area contributed by atoms with Gasteiger partial charge in [-0.2, -0.15) is 0 Å². The first-order valence-corrected chi connectivity index (χ1v) is 5.80. The van der Waals surface area contributed by atoms with Crippen LogP contribution in [0.1, 0.15) is 30.9 Å². The molecule has 3 nitrogen and oxygen atoms in total. The Bertz CT molecular complexity index is 354. The van der Waals surface area contributed by atoms with E-state index < -0.39 is 6.10 Å². The smallest absolute Gasteiger partial charge is 0.124 e. The Morgan fingerprint density at radius 3 is 2.75 bits per heavy atom. The lowest BCUT2D eigenvalue weighted by molar-refractivity contribution is 0.100. The first-order chi connectivity index (χ1) is 7.74. The molecule has 2 rings (SSSR count). The molecule has 1 fully saturated rings. The van der Waals surface area contributed by atoms with Crippen LogP contribution in [0.4, 0.5) is 0 Å². The summed E-state index contributed by atoms with van der Waals surface area (Å²) < 4.78 is 5.26. The van der Waals surface area contributed by atoms with Crippen molar-refractivity contribution in [3.8, 4) is 5.75 Å². The SMILES string of the molecule is COc1ccccc1C(O)C1CCCC1N. The Morgan fingerprint density at radius 1 is 1.38 bits per heavy atom. The third kappa shape index (κ3) is 2.06. The van der Waals surface area contributed by atoms with Gasteiger partial charge in [0.1, 0.15) is 5.75 Å². The Balaban J connectivity index is 2.22. The maximum absolute atomic E-state index is 10.3. The highest BCUT2D eigenvalue weighted by Gasteiger charge is 2.32. The van der Waals surface area contributed by atoms with Crippen LogP contribution in [0.3, 0.4) is 0 Å². The zero-order valence-corrected chi connectivity index (χ0v) is 9.60. The maximum atomic E-state index is 10.3. The van der Waals surface area contributed by atoms with Crippen LogP contribution >= 0.6 is 0 Å². The molecule has 3 heteroatoms. The lowest BCUT2D eigenvalue weighted by Crippen LogP contribution is -2.29. The Hall–Kier alpha value is -1.06. The van der Waals surface area contributed by atoms with Gasteiger partial charge in [-0.05, 0) is 18.9 Å². The zero-order chi connectivity index (χ0) is 11.5. The van der Waals surface area contributed by atoms with Crippen LogP contribution in [0, 0.1) is 5.92 Å². The van der Waals surface area contributed by atoms with E-state index in [-0.39, 0.29) is 12.0 Å². The predicted octanol–water partition coefficient (Wildman–Crippen LogP) is 1.86. The van der Waals surface area contributed by atoms with Crippen molar-refractivity contribution in [2.75, 3.05) is 7.11 Å². The van der Waals surface area contributed by atoms with Gasteiger partial charge in [0.05, 0.1) is 13.2 Å². The fourth-order valence-electron chi connectivity index (χ4n) is 2.55. The van der Waals surface area contributed by atoms with E-state index in [2.05, 4.69) is 0 Å². The van der Waals surface area contributed by atoms with Gasteiger partial charge in [0.25, 0.3) is 0 Å². The molecule has 0 heterocycles. The molecule has 0 bridgehead atoms. The van der Waals surface area contributed by atoms with E-state index in [0.29, 0.717) is 0 Å². The number of ether oxygens (including phenoxy) is 1. The molecule has 0 radical (unpaired) electrons. The van der Waals surface area contributed by atoms with Crippen LogP contribution in [0.2, 0.25) is 0 Å². The molecule has 1 aromatic rings. The van der Waals surface area contributed by atoms with Crippen molar-refractivity contribution in [3.63, 3.8) is 0 Å². The van der Waals surface area contributed by atoms with Crippen LogP contribution in [0.25, 0.3) is 0 Å². The molecule has 1 aliphatic carbocycles. The lowest BCUT2D eigenvalue weighted by Gasteiger charge is -2.23. The fourth-order valence-corrected chi connectivity index (χ4v) is 2.55. The quantitative estimate of drug-likeness (QED) is 0.819. The molecule has 1 aromatic carbocycles. The van der Waals surface area contributed by atoms with Crippen LogP contribution in [0.5, 0.6) is 5.75 Å². The molecule has 0 saturated heterocycles. The second kappa shape index (κ2) is 4.85. The highest BCUT2D eigenvalue weighted by atomic mass is 16.5. The van der Waals surface area contributed by atoms with E-state index in [9.17, 15) is 5.11 Å². The molecular weight excluding hydrogens is 202 g/mol. The largest absolute Gasteiger partial charge is 0.496 e. The van der Waals surface area contributed by atoms with Crippen molar-refractivity contribution >= 4 is 0 Å². The van der Waals surface area contributed by atoms with Crippen molar-refractivity contribution in [2.45, 2.75) is 31.4 Å². The second-order valence-electron chi connectivity index (χ2n) is 4.45. The number of nitrogens with two attached hydrogens (primary N) is 1. The number of benzene rings is 1. The standard InChI is InChI=1S/C13H19NO2/c1-16-12-8-3-2-5-10(12)13(15)9-6-4-7-11(9)14/h2-3,5,8-9,11,13,15H,4,6-7,14H2,1H3. The highest BCUT2D eigenvalue weighted by Crippen LogP contribution is 2.38. The maximum Gasteiger partial charge on any atom is 0.124 e. The zero-order valence-electron chi connectivity index (χ0n) is 9.60. The topological polar surface area (TPSA) is 55.5 Å². The normalized spacial score (nSPS) is 26.7. The van der Waals surface area contributed by atoms with Crippen LogP contribution in [-0.2, 0) is 0 Å². The van der Waals surface area contributed by atoms with Crippen molar-refractivity contribution in [1.82, 2.24) is 0 Å². The average Bonchev–Trinajstić information content (AvgIpc) is 2.74. The third-order valence-electron chi connectivity index (χ3n) is 3.49. The molecule has 0 aliphatic heterocycles. The molecular formula is C13H19NO2. The summed E-state index contributed by atoms with van der Waals surface area (Å²) in [5.41, 5.74) is 6.86. The van der Waals surface area contributed by atoms with Gasteiger partial charge in [-0.3, -0.25) is 0 Å². The number of para-hydroxylation sites is 1. The van der Waals surface area contributed by atoms with E-state index >= 15 is 0 Å². The summed E-state index contributed by atoms with van der Waals surface area (Å²) in [6.07, 6.45) is 2.61. The predicted molar refractivity (Wildman–Crippen MR) is 63.3 cm³/mol. The summed E-state index contributed by atoms with van der Waals surface area (Å²) in [6, 6.07) is 7.72. The van der Waals surface area contributed by atoms with Gasteiger partial charge >= 0.3 is 0 Å². The Morgan fingerprint density at radius 2 is 2.12 bits per heavy atom. The van der Waals surface area contributed by atoms with E-state index in [0.717, 1.165) is 30.6 Å². The Kier molecular flexibility index (Phi) is 3.46. The van der Waals surface area contributed by atoms with Crippen molar-refractivity contribution in [1.29, 1.82) is 0 Å². The first kappa shape index (κ1) is 11.4. The molecule has 1 aliphatic rings. The lowest BCUT2D eigenvalue weighted by atomic mass is 9.91. The van der Waals surface area contributed by atoms with Gasteiger partial charge in [-0.15, -0.1) is 0 Å². The van der Waals surface area contributed by atoms with Gasteiger partial charge in [-0.1, -0.05) is 24.6 Å². The molecule has 1 saturated carbocycles. The van der Waals surface area contributed by atoms with Crippen molar-refractivity contribution < 1.29 is 9.84 Å². The van der Waals surface area contributed by atoms with Crippen molar-refractivity contribution in [3.05, 3.63) is 29.8 Å². The van der Waals surface area contributed by atoms with Crippen LogP contribution in [-0.4, -0.2) is 18.3 Å². The van der Waals surface area contributed by atoms with Crippen LogP contribution < -0.4 is 10.5 Å². The third-order valence-corrected chi connectivity index (χ3v) is 3.49. The minimum atomic E-state index is -0.506. The molecule has 0 amide bonds. The highest BCUT2D eigenvalue weighted by molar-refractivity contribution is 5.35. The minimum absolute atomic E-state index is 0.111. The van der Waals surface area contributed by atoms with Crippen LogP contribution in [0.15, 0.2) is 24.3 Å². The molecule has 3 unspecified atom stereocenters. The summed E-state index contributed by atoms with van der Waals surface area (Å²) in [7, 11) is 1.63. The fraction of sp³-hybridized carbons (Fsp3) is 0.538. The number of methoxy groups -OCH3 is 1. The minimum Gasteiger partial charge on any atom is -0.496 e. The summed E-state index contributed by atoms with van der Waals surface area (Å²) >= 11 is 0. The second-order valence-corrected chi connectivity index (χ2v) is 4.45. The molecule has 16 heavy (non-hydrogen) atoms. The molecule has 3 N–H and O–H groups in total. The number of hydrogen-bond acceptors (Lipinski definition) is 3. The summed E-state index contributed by atoms with van der Waals surface area (Å²) in [5, 5.41) is 10.3. The molecule has 88 valence electrons. The van der Waals surface area contributed by atoms with E-state index in [1.807, 2.05) is 24.3 Å². The first-order valence-electron chi connectivity index (χ1n) is 5.80. The van der Waals surface area contributed by atoms with Gasteiger partial charge in [0.2, 0.25) is 0 Å². The van der Waals surface area contributed by atoms with Crippen molar-refractivity contribution in [2.24, 2.45) is 11.7 Å². The van der Waals surface area contributed by atoms with E-state index in [1.54, 1.807) is 7.11 Å². The summed E-state index contributed by atoms with van der Waals surface area (Å²) in [5.74, 6) is 0.908. The average molecular weight is 221 g/mol.